The van der Waals surface area contributed by atoms with Crippen LogP contribution in [0, 0.1) is 0 Å². The maximum Gasteiger partial charge on any atom is 0.131 e. The number of morpholine rings is 1. The molecule has 1 atom stereocenters. The van der Waals surface area contributed by atoms with Gasteiger partial charge in [-0.15, -0.1) is 0 Å². The van der Waals surface area contributed by atoms with Crippen molar-refractivity contribution >= 4 is 17.3 Å². The van der Waals surface area contributed by atoms with Gasteiger partial charge >= 0.3 is 0 Å². The van der Waals surface area contributed by atoms with E-state index in [2.05, 4.69) is 31.9 Å². The molecule has 0 aliphatic carbocycles. The molecule has 4 rings (SSSR count). The molecule has 2 aromatic heterocycles. The number of aliphatic hydroxyl groups is 1. The number of rotatable bonds is 4. The zero-order chi connectivity index (χ0) is 18.6. The lowest BCUT2D eigenvalue weighted by molar-refractivity contribution is 0.0336. The van der Waals surface area contributed by atoms with Crippen LogP contribution in [-0.2, 0) is 11.3 Å². The van der Waals surface area contributed by atoms with Crippen molar-refractivity contribution in [2.45, 2.75) is 25.5 Å². The number of halogens is 1. The Bertz CT molecular complexity index is 765. The van der Waals surface area contributed by atoms with E-state index >= 15 is 0 Å². The summed E-state index contributed by atoms with van der Waals surface area (Å²) in [5.74, 6) is 0. The Hall–Kier alpha value is -1.73. The van der Waals surface area contributed by atoms with Crippen LogP contribution in [-0.4, -0.2) is 65.5 Å². The van der Waals surface area contributed by atoms with E-state index in [0.29, 0.717) is 11.7 Å². The molecule has 27 heavy (non-hydrogen) atoms. The van der Waals surface area contributed by atoms with Gasteiger partial charge in [0, 0.05) is 61.9 Å². The van der Waals surface area contributed by atoms with Crippen molar-refractivity contribution in [3.63, 3.8) is 0 Å². The summed E-state index contributed by atoms with van der Waals surface area (Å²) in [7, 11) is 0. The molecule has 2 aliphatic heterocycles. The minimum Gasteiger partial charge on any atom is -0.391 e. The van der Waals surface area contributed by atoms with Gasteiger partial charge in [0.1, 0.15) is 5.15 Å². The number of aromatic nitrogens is 2. The third-order valence-corrected chi connectivity index (χ3v) is 5.42. The number of pyridine rings is 2. The predicted molar refractivity (Wildman–Crippen MR) is 106 cm³/mol. The van der Waals surface area contributed by atoms with E-state index < -0.39 is 0 Å². The maximum atomic E-state index is 10.0. The fraction of sp³-hybridized carbons (Fsp3) is 0.500. The highest BCUT2D eigenvalue weighted by Crippen LogP contribution is 2.33. The van der Waals surface area contributed by atoms with Gasteiger partial charge in [0.05, 0.1) is 25.0 Å². The lowest BCUT2D eigenvalue weighted by Crippen LogP contribution is -2.38. The smallest absolute Gasteiger partial charge is 0.131 e. The molecule has 0 saturated carbocycles. The molecule has 0 radical (unpaired) electrons. The summed E-state index contributed by atoms with van der Waals surface area (Å²) in [6, 6.07) is 6.06. The molecule has 2 saturated heterocycles. The summed E-state index contributed by atoms with van der Waals surface area (Å²) in [4.78, 5) is 13.5. The molecule has 6 nitrogen and oxygen atoms in total. The van der Waals surface area contributed by atoms with Crippen LogP contribution in [0.5, 0.6) is 0 Å². The van der Waals surface area contributed by atoms with Crippen molar-refractivity contribution in [3.8, 4) is 11.1 Å². The molecular formula is C20H25ClN4O2. The molecular weight excluding hydrogens is 364 g/mol. The molecule has 2 aromatic rings. The highest BCUT2D eigenvalue weighted by atomic mass is 35.5. The molecule has 144 valence electrons. The molecule has 2 fully saturated rings. The summed E-state index contributed by atoms with van der Waals surface area (Å²) >= 11 is 6.16. The van der Waals surface area contributed by atoms with E-state index in [1.165, 1.54) is 0 Å². The van der Waals surface area contributed by atoms with Gasteiger partial charge in [-0.2, -0.15) is 0 Å². The van der Waals surface area contributed by atoms with E-state index in [-0.39, 0.29) is 6.10 Å². The summed E-state index contributed by atoms with van der Waals surface area (Å²) in [6.45, 7) is 5.85. The van der Waals surface area contributed by atoms with E-state index in [9.17, 15) is 5.11 Å². The largest absolute Gasteiger partial charge is 0.391 e. The fourth-order valence-corrected chi connectivity index (χ4v) is 3.90. The Morgan fingerprint density at radius 1 is 1.15 bits per heavy atom. The first-order valence-corrected chi connectivity index (χ1v) is 9.91. The predicted octanol–water partition coefficient (Wildman–Crippen LogP) is 2.59. The number of hydrogen-bond donors (Lipinski definition) is 1. The van der Waals surface area contributed by atoms with Crippen molar-refractivity contribution < 1.29 is 9.84 Å². The molecule has 4 heterocycles. The van der Waals surface area contributed by atoms with Crippen molar-refractivity contribution in [1.29, 1.82) is 0 Å². The number of ether oxygens (including phenoxy) is 1. The third kappa shape index (κ3) is 4.58. The third-order valence-electron chi connectivity index (χ3n) is 5.21. The quantitative estimate of drug-likeness (QED) is 0.812. The Morgan fingerprint density at radius 2 is 2.00 bits per heavy atom. The Labute approximate surface area is 164 Å². The van der Waals surface area contributed by atoms with Crippen LogP contribution >= 0.6 is 11.6 Å². The lowest BCUT2D eigenvalue weighted by Gasteiger charge is -2.33. The van der Waals surface area contributed by atoms with Crippen LogP contribution in [0.2, 0.25) is 5.15 Å². The molecule has 0 unspecified atom stereocenters. The first-order valence-electron chi connectivity index (χ1n) is 9.53. The van der Waals surface area contributed by atoms with Crippen molar-refractivity contribution in [2.24, 2.45) is 0 Å². The van der Waals surface area contributed by atoms with Crippen LogP contribution < -0.4 is 4.90 Å². The van der Waals surface area contributed by atoms with Crippen LogP contribution in [0.4, 0.5) is 5.69 Å². The maximum absolute atomic E-state index is 10.0. The zero-order valence-corrected chi connectivity index (χ0v) is 16.1. The molecule has 0 bridgehead atoms. The molecule has 0 amide bonds. The minimum atomic E-state index is -0.299. The molecule has 0 aromatic carbocycles. The van der Waals surface area contributed by atoms with Gasteiger partial charge in [-0.3, -0.25) is 9.88 Å². The first-order chi connectivity index (χ1) is 13.2. The van der Waals surface area contributed by atoms with E-state index in [0.717, 1.165) is 74.7 Å². The lowest BCUT2D eigenvalue weighted by atomic mass is 10.0. The number of aliphatic hydroxyl groups excluding tert-OH is 1. The van der Waals surface area contributed by atoms with Crippen molar-refractivity contribution in [3.05, 3.63) is 41.4 Å². The normalized spacial score (nSPS) is 21.4. The topological polar surface area (TPSA) is 61.7 Å². The fourth-order valence-electron chi connectivity index (χ4n) is 3.74. The number of piperidine rings is 1. The highest BCUT2D eigenvalue weighted by Gasteiger charge is 2.21. The van der Waals surface area contributed by atoms with E-state index in [4.69, 9.17) is 16.3 Å². The second-order valence-electron chi connectivity index (χ2n) is 7.19. The Kier molecular flexibility index (Phi) is 5.88. The molecule has 7 heteroatoms. The van der Waals surface area contributed by atoms with Crippen LogP contribution in [0.1, 0.15) is 18.5 Å². The molecule has 2 aliphatic rings. The highest BCUT2D eigenvalue weighted by molar-refractivity contribution is 6.29. The van der Waals surface area contributed by atoms with Crippen LogP contribution in [0.25, 0.3) is 11.1 Å². The number of anilines is 1. The summed E-state index contributed by atoms with van der Waals surface area (Å²) in [5.41, 5.74) is 4.08. The SMILES string of the molecule is O[C@H]1CCCN(c2cc(Cl)ncc2-c2ccc(CN3CCOCC3)nc2)C1. The van der Waals surface area contributed by atoms with E-state index in [1.54, 1.807) is 6.20 Å². The van der Waals surface area contributed by atoms with Gasteiger partial charge in [0.25, 0.3) is 0 Å². The molecule has 1 N–H and O–H groups in total. The standard InChI is InChI=1S/C20H25ClN4O2/c21-20-10-19(25-5-1-2-17(26)14-25)18(12-23-20)15-3-4-16(22-11-15)13-24-6-8-27-9-7-24/h3-4,10-12,17,26H,1-2,5-9,13-14H2/t17-/m0/s1. The summed E-state index contributed by atoms with van der Waals surface area (Å²) in [5, 5.41) is 10.5. The van der Waals surface area contributed by atoms with Gasteiger partial charge in [-0.25, -0.2) is 4.98 Å². The number of β-amino-alcohol motifs (C(OH)–C–C–N with tert-alkyl or cyclic N) is 1. The number of nitrogens with zero attached hydrogens (tertiary/aromatic N) is 4. The Morgan fingerprint density at radius 3 is 2.74 bits per heavy atom. The second-order valence-corrected chi connectivity index (χ2v) is 7.58. The summed E-state index contributed by atoms with van der Waals surface area (Å²) < 4.78 is 5.40. The van der Waals surface area contributed by atoms with Crippen LogP contribution in [0.3, 0.4) is 0 Å². The average molecular weight is 389 g/mol. The van der Waals surface area contributed by atoms with Gasteiger partial charge in [0.15, 0.2) is 0 Å². The first kappa shape index (κ1) is 18.6. The second kappa shape index (κ2) is 8.52. The zero-order valence-electron chi connectivity index (χ0n) is 15.4. The van der Waals surface area contributed by atoms with Gasteiger partial charge in [-0.05, 0) is 25.0 Å². The van der Waals surface area contributed by atoms with E-state index in [1.807, 2.05) is 12.3 Å². The average Bonchev–Trinajstić information content (AvgIpc) is 2.69. The Balaban J connectivity index is 1.55. The summed E-state index contributed by atoms with van der Waals surface area (Å²) in [6.07, 6.45) is 5.23. The van der Waals surface area contributed by atoms with Gasteiger partial charge < -0.3 is 14.7 Å². The van der Waals surface area contributed by atoms with Crippen molar-refractivity contribution in [2.75, 3.05) is 44.3 Å². The minimum absolute atomic E-state index is 0.299. The number of hydrogen-bond acceptors (Lipinski definition) is 6. The van der Waals surface area contributed by atoms with Gasteiger partial charge in [0.2, 0.25) is 0 Å². The van der Waals surface area contributed by atoms with Gasteiger partial charge in [-0.1, -0.05) is 17.7 Å². The van der Waals surface area contributed by atoms with Crippen LogP contribution in [0.15, 0.2) is 30.6 Å². The monoisotopic (exact) mass is 388 g/mol. The molecule has 0 spiro atoms. The van der Waals surface area contributed by atoms with Crippen molar-refractivity contribution in [1.82, 2.24) is 14.9 Å².